The number of nitriles is 1. The van der Waals surface area contributed by atoms with Crippen molar-refractivity contribution in [2.24, 2.45) is 33.5 Å². The first kappa shape index (κ1) is 17.5. The number of hydrogen-bond acceptors (Lipinski definition) is 4. The van der Waals surface area contributed by atoms with Crippen LogP contribution in [0.3, 0.4) is 0 Å². The van der Waals surface area contributed by atoms with E-state index in [1.54, 1.807) is 7.11 Å². The number of nitrogens with zero attached hydrogens (tertiary/aromatic N) is 1. The quantitative estimate of drug-likeness (QED) is 0.832. The summed E-state index contributed by atoms with van der Waals surface area (Å²) in [7, 11) is 1.79. The zero-order chi connectivity index (χ0) is 18.1. The number of ketones is 1. The molecule has 0 aromatic heterocycles. The van der Waals surface area contributed by atoms with Crippen LogP contribution in [-0.2, 0) is 9.53 Å². The second kappa shape index (κ2) is 5.30. The summed E-state index contributed by atoms with van der Waals surface area (Å²) >= 11 is 0. The van der Waals surface area contributed by atoms with Crippen molar-refractivity contribution in [2.75, 3.05) is 13.7 Å². The van der Waals surface area contributed by atoms with E-state index in [-0.39, 0.29) is 41.2 Å². The summed E-state index contributed by atoms with van der Waals surface area (Å²) in [5.74, 6) is 0.178. The van der Waals surface area contributed by atoms with Crippen molar-refractivity contribution in [3.05, 3.63) is 0 Å². The molecule has 0 aromatic rings. The topological polar surface area (TPSA) is 70.3 Å². The molecule has 4 heteroatoms. The van der Waals surface area contributed by atoms with Crippen molar-refractivity contribution in [2.45, 2.75) is 71.3 Å². The summed E-state index contributed by atoms with van der Waals surface area (Å²) in [4.78, 5) is 13.3. The molecule has 1 N–H and O–H groups in total. The first-order valence-corrected chi connectivity index (χ1v) is 9.88. The van der Waals surface area contributed by atoms with E-state index in [0.717, 1.165) is 44.9 Å². The Morgan fingerprint density at radius 2 is 2.04 bits per heavy atom. The Hall–Kier alpha value is -0.920. The van der Waals surface area contributed by atoms with Crippen molar-refractivity contribution in [3.8, 4) is 6.07 Å². The monoisotopic (exact) mass is 345 g/mol. The van der Waals surface area contributed by atoms with Crippen LogP contribution >= 0.6 is 0 Å². The second-order valence-electron chi connectivity index (χ2n) is 10.00. The van der Waals surface area contributed by atoms with Crippen LogP contribution in [0.4, 0.5) is 0 Å². The van der Waals surface area contributed by atoms with Gasteiger partial charge in [-0.25, -0.2) is 0 Å². The first-order chi connectivity index (χ1) is 11.8. The lowest BCUT2D eigenvalue weighted by molar-refractivity contribution is -0.188. The van der Waals surface area contributed by atoms with Crippen molar-refractivity contribution in [1.29, 1.82) is 5.26 Å². The number of ether oxygens (including phenoxy) is 1. The number of carbonyl (C=O) groups excluding carboxylic acids is 1. The predicted octanol–water partition coefficient (Wildman–Crippen LogP) is 3.48. The van der Waals surface area contributed by atoms with Crippen LogP contribution in [0.5, 0.6) is 0 Å². The van der Waals surface area contributed by atoms with Gasteiger partial charge >= 0.3 is 0 Å². The molecule has 0 heterocycles. The average molecular weight is 345 g/mol. The van der Waals surface area contributed by atoms with Gasteiger partial charge in [0.2, 0.25) is 0 Å². The van der Waals surface area contributed by atoms with Gasteiger partial charge in [0, 0.05) is 31.5 Å². The Balaban J connectivity index is 1.87. The Bertz CT molecular complexity index is 642. The molecular formula is C21H31NO3. The van der Waals surface area contributed by atoms with Crippen molar-refractivity contribution in [1.82, 2.24) is 0 Å². The van der Waals surface area contributed by atoms with E-state index >= 15 is 0 Å². The van der Waals surface area contributed by atoms with E-state index in [1.807, 2.05) is 6.92 Å². The van der Waals surface area contributed by atoms with Gasteiger partial charge < -0.3 is 9.84 Å². The zero-order valence-electron chi connectivity index (χ0n) is 15.8. The van der Waals surface area contributed by atoms with Gasteiger partial charge in [-0.2, -0.15) is 5.26 Å². The Labute approximate surface area is 150 Å². The molecule has 0 amide bonds. The van der Waals surface area contributed by atoms with E-state index in [4.69, 9.17) is 4.74 Å². The summed E-state index contributed by atoms with van der Waals surface area (Å²) < 4.78 is 5.84. The number of methoxy groups -OCH3 is 1. The van der Waals surface area contributed by atoms with Crippen LogP contribution < -0.4 is 0 Å². The van der Waals surface area contributed by atoms with Crippen molar-refractivity contribution < 1.29 is 14.6 Å². The molecule has 4 fully saturated rings. The molecule has 2 bridgehead atoms. The van der Waals surface area contributed by atoms with Crippen LogP contribution in [0.2, 0.25) is 0 Å². The largest absolute Gasteiger partial charge is 0.396 e. The van der Waals surface area contributed by atoms with Crippen LogP contribution in [0.1, 0.15) is 65.2 Å². The molecule has 0 aromatic carbocycles. The molecular weight excluding hydrogens is 314 g/mol. The molecule has 4 aliphatic carbocycles. The third-order valence-corrected chi connectivity index (χ3v) is 8.93. The normalized spacial score (nSPS) is 54.5. The first-order valence-electron chi connectivity index (χ1n) is 9.88. The molecule has 0 unspecified atom stereocenters. The number of fused-ring (bicyclic) bond motifs is 2. The summed E-state index contributed by atoms with van der Waals surface area (Å²) in [6.07, 6.45) is 7.40. The maximum atomic E-state index is 13.3. The highest BCUT2D eigenvalue weighted by molar-refractivity contribution is 5.85. The van der Waals surface area contributed by atoms with E-state index in [0.29, 0.717) is 6.42 Å². The van der Waals surface area contributed by atoms with Gasteiger partial charge in [-0.15, -0.1) is 0 Å². The molecule has 4 rings (SSSR count). The average Bonchev–Trinajstić information content (AvgIpc) is 2.91. The molecule has 4 saturated carbocycles. The molecule has 25 heavy (non-hydrogen) atoms. The van der Waals surface area contributed by atoms with Crippen molar-refractivity contribution in [3.63, 3.8) is 0 Å². The fourth-order valence-corrected chi connectivity index (χ4v) is 7.82. The lowest BCUT2D eigenvalue weighted by Crippen LogP contribution is -2.65. The minimum atomic E-state index is -0.598. The van der Waals surface area contributed by atoms with Crippen LogP contribution in [-0.4, -0.2) is 30.7 Å². The number of carbonyl (C=O) groups is 1. The molecule has 4 nitrogen and oxygen atoms in total. The standard InChI is InChI=1S/C21H31NO3/c1-18-7-8-20(11-18)14(10-16(18)25-3)9-15(24)17-19(2,13-23)5-4-6-21(17,20)12-22/h14,16-17,23H,4-11,13H2,1-3H3/t14-,16-,17-,18-,19-,20-,21+/m0/s1. The zero-order valence-corrected chi connectivity index (χ0v) is 15.8. The van der Waals surface area contributed by atoms with E-state index in [9.17, 15) is 15.2 Å². The molecule has 0 saturated heterocycles. The molecule has 138 valence electrons. The summed E-state index contributed by atoms with van der Waals surface area (Å²) in [6.45, 7) is 4.36. The smallest absolute Gasteiger partial charge is 0.138 e. The van der Waals surface area contributed by atoms with Gasteiger partial charge in [-0.3, -0.25) is 4.79 Å². The highest BCUT2D eigenvalue weighted by Gasteiger charge is 2.73. The summed E-state index contributed by atoms with van der Waals surface area (Å²) in [6, 6.07) is 2.73. The Morgan fingerprint density at radius 3 is 2.68 bits per heavy atom. The third-order valence-electron chi connectivity index (χ3n) is 8.93. The van der Waals surface area contributed by atoms with E-state index in [2.05, 4.69) is 13.0 Å². The molecule has 1 spiro atoms. The minimum absolute atomic E-state index is 0.00550. The van der Waals surface area contributed by atoms with Crippen LogP contribution in [0, 0.1) is 44.8 Å². The maximum absolute atomic E-state index is 13.3. The van der Waals surface area contributed by atoms with Gasteiger partial charge in [-0.1, -0.05) is 20.3 Å². The number of aliphatic hydroxyl groups is 1. The fourth-order valence-electron chi connectivity index (χ4n) is 7.82. The van der Waals surface area contributed by atoms with Gasteiger partial charge in [0.1, 0.15) is 5.78 Å². The number of Topliss-reactive ketones (excluding diaryl/α,β-unsaturated/α-hetero) is 1. The van der Waals surface area contributed by atoms with Gasteiger partial charge in [0.05, 0.1) is 17.6 Å². The third kappa shape index (κ3) is 1.92. The summed E-state index contributed by atoms with van der Waals surface area (Å²) in [5.41, 5.74) is -0.991. The van der Waals surface area contributed by atoms with Crippen LogP contribution in [0.15, 0.2) is 0 Å². The van der Waals surface area contributed by atoms with E-state index < -0.39 is 10.8 Å². The lowest BCUT2D eigenvalue weighted by Gasteiger charge is -2.64. The number of aliphatic hydroxyl groups excluding tert-OH is 1. The molecule has 4 aliphatic rings. The van der Waals surface area contributed by atoms with Crippen molar-refractivity contribution >= 4 is 5.78 Å². The highest BCUT2D eigenvalue weighted by atomic mass is 16.5. The second-order valence-corrected chi connectivity index (χ2v) is 10.00. The lowest BCUT2D eigenvalue weighted by atomic mass is 9.37. The Kier molecular flexibility index (Phi) is 3.71. The Morgan fingerprint density at radius 1 is 1.28 bits per heavy atom. The SMILES string of the molecule is CO[C@H]1C[C@@H]2CC(=O)[C@H]3[C@](C)(CO)CCC[C@]3(C#N)[C@]23CC[C@@]1(C)C3. The maximum Gasteiger partial charge on any atom is 0.138 e. The fraction of sp³-hybridized carbons (Fsp3) is 0.905. The number of rotatable bonds is 2. The van der Waals surface area contributed by atoms with Gasteiger partial charge in [0.15, 0.2) is 0 Å². The van der Waals surface area contributed by atoms with Gasteiger partial charge in [0.25, 0.3) is 0 Å². The molecule has 0 radical (unpaired) electrons. The van der Waals surface area contributed by atoms with Crippen LogP contribution in [0.25, 0.3) is 0 Å². The summed E-state index contributed by atoms with van der Waals surface area (Å²) in [5, 5.41) is 20.6. The molecule has 0 aliphatic heterocycles. The number of hydrogen-bond donors (Lipinski definition) is 1. The molecule has 7 atom stereocenters. The highest BCUT2D eigenvalue weighted by Crippen LogP contribution is 2.75. The minimum Gasteiger partial charge on any atom is -0.396 e. The van der Waals surface area contributed by atoms with Gasteiger partial charge in [-0.05, 0) is 55.3 Å². The van der Waals surface area contributed by atoms with E-state index in [1.165, 1.54) is 0 Å². The predicted molar refractivity (Wildman–Crippen MR) is 93.5 cm³/mol.